The smallest absolute Gasteiger partial charge is 0.347 e. The highest BCUT2D eigenvalue weighted by molar-refractivity contribution is 7.17. The molecular weight excluding hydrogens is 306 g/mol. The van der Waals surface area contributed by atoms with Crippen molar-refractivity contribution in [3.05, 3.63) is 47.4 Å². The van der Waals surface area contributed by atoms with E-state index in [0.29, 0.717) is 6.54 Å². The molecule has 0 atom stereocenters. The fraction of sp³-hybridized carbons (Fsp3) is 0.0769. The van der Waals surface area contributed by atoms with Gasteiger partial charge in [-0.1, -0.05) is 11.3 Å². The standard InChI is InChI=1S/C13H11N5O3S/c19-11(20)9-7-16-13(22-9)17-12(21)15-6-8-1-3-18-4-2-14-10(18)5-8/h1-5,7H,6H2,(H,19,20)(H2,15,16,17,21). The van der Waals surface area contributed by atoms with Crippen LogP contribution in [0.5, 0.6) is 0 Å². The van der Waals surface area contributed by atoms with Crippen molar-refractivity contribution in [1.82, 2.24) is 19.7 Å². The summed E-state index contributed by atoms with van der Waals surface area (Å²) < 4.78 is 1.87. The zero-order valence-electron chi connectivity index (χ0n) is 11.2. The lowest BCUT2D eigenvalue weighted by Crippen LogP contribution is -2.28. The molecule has 0 radical (unpaired) electrons. The van der Waals surface area contributed by atoms with Crippen LogP contribution in [0.4, 0.5) is 9.93 Å². The number of amides is 2. The van der Waals surface area contributed by atoms with Gasteiger partial charge in [-0.2, -0.15) is 0 Å². The van der Waals surface area contributed by atoms with E-state index in [9.17, 15) is 9.59 Å². The van der Waals surface area contributed by atoms with Crippen molar-refractivity contribution in [3.8, 4) is 0 Å². The molecule has 3 aromatic heterocycles. The molecule has 0 aromatic carbocycles. The van der Waals surface area contributed by atoms with E-state index >= 15 is 0 Å². The molecule has 0 aliphatic heterocycles. The van der Waals surface area contributed by atoms with Gasteiger partial charge in [0, 0.05) is 25.1 Å². The summed E-state index contributed by atoms with van der Waals surface area (Å²) in [6.45, 7) is 0.326. The van der Waals surface area contributed by atoms with Crippen molar-refractivity contribution in [1.29, 1.82) is 0 Å². The molecule has 0 unspecified atom stereocenters. The van der Waals surface area contributed by atoms with Crippen LogP contribution in [-0.4, -0.2) is 31.5 Å². The molecule has 3 rings (SSSR count). The van der Waals surface area contributed by atoms with Gasteiger partial charge in [0.2, 0.25) is 0 Å². The molecule has 8 nitrogen and oxygen atoms in total. The number of pyridine rings is 1. The summed E-state index contributed by atoms with van der Waals surface area (Å²) in [6.07, 6.45) is 6.59. The van der Waals surface area contributed by atoms with E-state index < -0.39 is 12.0 Å². The van der Waals surface area contributed by atoms with Gasteiger partial charge in [0.15, 0.2) is 5.13 Å². The predicted molar refractivity (Wildman–Crippen MR) is 80.1 cm³/mol. The Morgan fingerprint density at radius 3 is 2.95 bits per heavy atom. The first kappa shape index (κ1) is 14.0. The topological polar surface area (TPSA) is 109 Å². The minimum absolute atomic E-state index is 0.0695. The lowest BCUT2D eigenvalue weighted by Gasteiger charge is -2.05. The molecule has 0 aliphatic carbocycles. The molecule has 2 amide bonds. The van der Waals surface area contributed by atoms with Crippen molar-refractivity contribution in [2.24, 2.45) is 0 Å². The normalized spacial score (nSPS) is 10.5. The number of aromatic carboxylic acids is 1. The molecule has 22 heavy (non-hydrogen) atoms. The second kappa shape index (κ2) is 5.82. The van der Waals surface area contributed by atoms with E-state index in [1.807, 2.05) is 28.9 Å². The predicted octanol–water partition coefficient (Wildman–Crippen LogP) is 1.81. The van der Waals surface area contributed by atoms with E-state index in [2.05, 4.69) is 20.6 Å². The number of nitrogens with zero attached hydrogens (tertiary/aromatic N) is 3. The number of carboxylic acids is 1. The lowest BCUT2D eigenvalue weighted by molar-refractivity contribution is 0.0702. The van der Waals surface area contributed by atoms with Crippen molar-refractivity contribution in [3.63, 3.8) is 0 Å². The maximum absolute atomic E-state index is 11.8. The molecule has 3 N–H and O–H groups in total. The summed E-state index contributed by atoms with van der Waals surface area (Å²) in [7, 11) is 0. The van der Waals surface area contributed by atoms with Crippen LogP contribution in [0.25, 0.3) is 5.65 Å². The molecule has 0 bridgehead atoms. The number of thiazole rings is 1. The van der Waals surface area contributed by atoms with Gasteiger partial charge < -0.3 is 14.8 Å². The zero-order valence-corrected chi connectivity index (χ0v) is 12.0. The maximum atomic E-state index is 11.8. The van der Waals surface area contributed by atoms with Gasteiger partial charge in [-0.15, -0.1) is 0 Å². The Morgan fingerprint density at radius 1 is 1.32 bits per heavy atom. The van der Waals surface area contributed by atoms with Gasteiger partial charge >= 0.3 is 12.0 Å². The fourth-order valence-corrected chi connectivity index (χ4v) is 2.47. The Hall–Kier alpha value is -2.94. The van der Waals surface area contributed by atoms with Crippen LogP contribution in [0.1, 0.15) is 15.2 Å². The Morgan fingerprint density at radius 2 is 2.18 bits per heavy atom. The first-order chi connectivity index (χ1) is 10.6. The average molecular weight is 317 g/mol. The first-order valence-electron chi connectivity index (χ1n) is 6.27. The van der Waals surface area contributed by atoms with Crippen LogP contribution in [0.2, 0.25) is 0 Å². The van der Waals surface area contributed by atoms with Crippen LogP contribution in [-0.2, 0) is 6.54 Å². The number of urea groups is 1. The van der Waals surface area contributed by atoms with Gasteiger partial charge in [0.05, 0.1) is 6.20 Å². The van der Waals surface area contributed by atoms with Gasteiger partial charge in [-0.3, -0.25) is 5.32 Å². The number of nitrogens with one attached hydrogen (secondary N) is 2. The SMILES string of the molecule is O=C(NCc1ccn2ccnc2c1)Nc1ncc(C(=O)O)s1. The van der Waals surface area contributed by atoms with Crippen LogP contribution < -0.4 is 10.6 Å². The summed E-state index contributed by atoms with van der Waals surface area (Å²) in [6, 6.07) is 3.29. The summed E-state index contributed by atoms with van der Waals surface area (Å²) in [5.41, 5.74) is 1.70. The largest absolute Gasteiger partial charge is 0.477 e. The summed E-state index contributed by atoms with van der Waals surface area (Å²) in [4.78, 5) is 30.5. The lowest BCUT2D eigenvalue weighted by atomic mass is 10.2. The van der Waals surface area contributed by atoms with Crippen LogP contribution in [0, 0.1) is 0 Å². The number of anilines is 1. The van der Waals surface area contributed by atoms with Gasteiger partial charge in [0.25, 0.3) is 0 Å². The van der Waals surface area contributed by atoms with Crippen LogP contribution >= 0.6 is 11.3 Å². The minimum atomic E-state index is -1.07. The molecule has 3 heterocycles. The Balaban J connectivity index is 1.58. The van der Waals surface area contributed by atoms with E-state index in [1.54, 1.807) is 6.20 Å². The number of carbonyl (C=O) groups is 2. The number of imidazole rings is 1. The van der Waals surface area contributed by atoms with Gasteiger partial charge in [-0.05, 0) is 17.7 Å². The van der Waals surface area contributed by atoms with Gasteiger partial charge in [-0.25, -0.2) is 19.6 Å². The summed E-state index contributed by atoms with van der Waals surface area (Å²) in [5, 5.41) is 14.2. The van der Waals surface area contributed by atoms with E-state index in [0.717, 1.165) is 22.5 Å². The second-order valence-corrected chi connectivity index (χ2v) is 5.40. The quantitative estimate of drug-likeness (QED) is 0.680. The molecule has 0 saturated carbocycles. The Kier molecular flexibility index (Phi) is 3.71. The number of aromatic nitrogens is 3. The molecular formula is C13H11N5O3S. The van der Waals surface area contributed by atoms with Crippen molar-refractivity contribution < 1.29 is 14.7 Å². The third-order valence-electron chi connectivity index (χ3n) is 2.85. The molecule has 0 aliphatic rings. The molecule has 3 aromatic rings. The highest BCUT2D eigenvalue weighted by Crippen LogP contribution is 2.17. The highest BCUT2D eigenvalue weighted by atomic mass is 32.1. The van der Waals surface area contributed by atoms with E-state index in [-0.39, 0.29) is 10.0 Å². The summed E-state index contributed by atoms with van der Waals surface area (Å²) in [5.74, 6) is -1.07. The van der Waals surface area contributed by atoms with Crippen LogP contribution in [0.3, 0.4) is 0 Å². The Bertz CT molecular complexity index is 841. The maximum Gasteiger partial charge on any atom is 0.347 e. The number of rotatable bonds is 4. The fourth-order valence-electron chi connectivity index (χ4n) is 1.82. The monoisotopic (exact) mass is 317 g/mol. The molecule has 9 heteroatoms. The van der Waals surface area contributed by atoms with Crippen molar-refractivity contribution in [2.75, 3.05) is 5.32 Å². The molecule has 0 saturated heterocycles. The minimum Gasteiger partial charge on any atom is -0.477 e. The highest BCUT2D eigenvalue weighted by Gasteiger charge is 2.10. The summed E-state index contributed by atoms with van der Waals surface area (Å²) >= 11 is 0.898. The third-order valence-corrected chi connectivity index (χ3v) is 3.75. The third kappa shape index (κ3) is 3.04. The van der Waals surface area contributed by atoms with Crippen molar-refractivity contribution >= 4 is 34.1 Å². The zero-order chi connectivity index (χ0) is 15.5. The molecule has 0 spiro atoms. The van der Waals surface area contributed by atoms with Crippen molar-refractivity contribution in [2.45, 2.75) is 6.54 Å². The number of carboxylic acid groups (broad SMARTS) is 1. The number of hydrogen-bond donors (Lipinski definition) is 3. The van der Waals surface area contributed by atoms with Crippen LogP contribution in [0.15, 0.2) is 36.9 Å². The van der Waals surface area contributed by atoms with E-state index in [4.69, 9.17) is 5.11 Å². The second-order valence-electron chi connectivity index (χ2n) is 4.37. The number of carbonyl (C=O) groups excluding carboxylic acids is 1. The first-order valence-corrected chi connectivity index (χ1v) is 7.09. The Labute approximate surface area is 128 Å². The molecule has 0 fully saturated rings. The average Bonchev–Trinajstić information content (AvgIpc) is 3.13. The molecule has 112 valence electrons. The number of hydrogen-bond acceptors (Lipinski definition) is 5. The number of fused-ring (bicyclic) bond motifs is 1. The van der Waals surface area contributed by atoms with E-state index in [1.165, 1.54) is 6.20 Å². The van der Waals surface area contributed by atoms with Gasteiger partial charge in [0.1, 0.15) is 10.5 Å².